The van der Waals surface area contributed by atoms with Gasteiger partial charge in [0.05, 0.1) is 6.04 Å². The lowest BCUT2D eigenvalue weighted by molar-refractivity contribution is -0.123. The van der Waals surface area contributed by atoms with Gasteiger partial charge in [0, 0.05) is 25.7 Å². The maximum atomic E-state index is 12.1. The van der Waals surface area contributed by atoms with Gasteiger partial charge in [-0.3, -0.25) is 4.79 Å². The van der Waals surface area contributed by atoms with Gasteiger partial charge in [0.15, 0.2) is 0 Å². The fraction of sp³-hybridized carbons (Fsp3) is 0.938. The number of nitrogens with zero attached hydrogens (tertiary/aromatic N) is 1. The van der Waals surface area contributed by atoms with Crippen LogP contribution in [0.15, 0.2) is 0 Å². The van der Waals surface area contributed by atoms with Crippen LogP contribution in [0.4, 0.5) is 0 Å². The minimum Gasteiger partial charge on any atom is -0.352 e. The van der Waals surface area contributed by atoms with Crippen molar-refractivity contribution in [1.29, 1.82) is 0 Å². The van der Waals surface area contributed by atoms with Crippen molar-refractivity contribution in [3.63, 3.8) is 0 Å². The second-order valence-corrected chi connectivity index (χ2v) is 6.88. The summed E-state index contributed by atoms with van der Waals surface area (Å²) in [5.74, 6) is 1.18. The van der Waals surface area contributed by atoms with Gasteiger partial charge in [-0.2, -0.15) is 0 Å². The van der Waals surface area contributed by atoms with Gasteiger partial charge in [0.1, 0.15) is 0 Å². The molecule has 0 bridgehead atoms. The topological polar surface area (TPSA) is 44.4 Å². The van der Waals surface area contributed by atoms with Crippen LogP contribution in [0.25, 0.3) is 0 Å². The Hall–Kier alpha value is -0.610. The molecule has 1 unspecified atom stereocenters. The second kappa shape index (κ2) is 6.90. The standard InChI is InChI=1S/C16H29N3O/c20-16(15-6-3-9-17-15)18-14-7-10-19(11-8-14)12-13-4-1-2-5-13/h13-15,17H,1-12H2,(H,18,20). The van der Waals surface area contributed by atoms with E-state index in [1.54, 1.807) is 0 Å². The zero-order valence-corrected chi connectivity index (χ0v) is 12.6. The SMILES string of the molecule is O=C(NC1CCN(CC2CCCC2)CC1)C1CCCN1. The number of rotatable bonds is 4. The zero-order chi connectivity index (χ0) is 13.8. The van der Waals surface area contributed by atoms with Crippen LogP contribution in [-0.4, -0.2) is 49.1 Å². The summed E-state index contributed by atoms with van der Waals surface area (Å²) in [6.07, 6.45) is 10.1. The molecule has 1 saturated carbocycles. The molecule has 1 aliphatic carbocycles. The largest absolute Gasteiger partial charge is 0.352 e. The van der Waals surface area contributed by atoms with Gasteiger partial charge in [-0.15, -0.1) is 0 Å². The van der Waals surface area contributed by atoms with E-state index in [0.29, 0.717) is 6.04 Å². The molecule has 2 saturated heterocycles. The average molecular weight is 279 g/mol. The molecule has 1 atom stereocenters. The van der Waals surface area contributed by atoms with Crippen molar-refractivity contribution in [2.75, 3.05) is 26.2 Å². The molecule has 1 amide bonds. The monoisotopic (exact) mass is 279 g/mol. The van der Waals surface area contributed by atoms with Crippen molar-refractivity contribution < 1.29 is 4.79 Å². The normalized spacial score (nSPS) is 29.9. The van der Waals surface area contributed by atoms with E-state index in [0.717, 1.165) is 38.1 Å². The van der Waals surface area contributed by atoms with E-state index in [1.165, 1.54) is 45.3 Å². The van der Waals surface area contributed by atoms with Crippen LogP contribution in [0.3, 0.4) is 0 Å². The van der Waals surface area contributed by atoms with E-state index in [4.69, 9.17) is 0 Å². The third-order valence-corrected chi connectivity index (χ3v) is 5.30. The lowest BCUT2D eigenvalue weighted by Crippen LogP contribution is -2.49. The Morgan fingerprint density at radius 3 is 2.45 bits per heavy atom. The Labute approximate surface area is 122 Å². The van der Waals surface area contributed by atoms with E-state index in [2.05, 4.69) is 15.5 Å². The third-order valence-electron chi connectivity index (χ3n) is 5.30. The summed E-state index contributed by atoms with van der Waals surface area (Å²) >= 11 is 0. The fourth-order valence-electron chi connectivity index (χ4n) is 4.03. The number of hydrogen-bond donors (Lipinski definition) is 2. The molecule has 4 nitrogen and oxygen atoms in total. The lowest BCUT2D eigenvalue weighted by atomic mass is 10.0. The van der Waals surface area contributed by atoms with Crippen LogP contribution in [-0.2, 0) is 4.79 Å². The quantitative estimate of drug-likeness (QED) is 0.820. The van der Waals surface area contributed by atoms with Crippen molar-refractivity contribution in [2.45, 2.75) is 63.5 Å². The molecule has 2 aliphatic heterocycles. The van der Waals surface area contributed by atoms with Crippen LogP contribution < -0.4 is 10.6 Å². The highest BCUT2D eigenvalue weighted by molar-refractivity contribution is 5.82. The zero-order valence-electron chi connectivity index (χ0n) is 12.6. The number of carbonyl (C=O) groups excluding carboxylic acids is 1. The van der Waals surface area contributed by atoms with Crippen molar-refractivity contribution >= 4 is 5.91 Å². The van der Waals surface area contributed by atoms with Crippen LogP contribution in [0, 0.1) is 5.92 Å². The van der Waals surface area contributed by atoms with E-state index in [-0.39, 0.29) is 11.9 Å². The van der Waals surface area contributed by atoms with Gasteiger partial charge in [-0.05, 0) is 51.0 Å². The predicted octanol–water partition coefficient (Wildman–Crippen LogP) is 1.51. The summed E-state index contributed by atoms with van der Waals surface area (Å²) in [5, 5.41) is 6.53. The third kappa shape index (κ3) is 3.73. The highest BCUT2D eigenvalue weighted by Gasteiger charge is 2.27. The highest BCUT2D eigenvalue weighted by atomic mass is 16.2. The van der Waals surface area contributed by atoms with E-state index in [1.807, 2.05) is 0 Å². The maximum Gasteiger partial charge on any atom is 0.237 e. The molecule has 2 N–H and O–H groups in total. The van der Waals surface area contributed by atoms with Gasteiger partial charge >= 0.3 is 0 Å². The molecule has 0 spiro atoms. The van der Waals surface area contributed by atoms with Gasteiger partial charge in [-0.1, -0.05) is 12.8 Å². The number of carbonyl (C=O) groups is 1. The number of hydrogen-bond acceptors (Lipinski definition) is 3. The first kappa shape index (κ1) is 14.3. The first-order valence-corrected chi connectivity index (χ1v) is 8.57. The molecule has 20 heavy (non-hydrogen) atoms. The molecule has 3 rings (SSSR count). The Morgan fingerprint density at radius 2 is 1.80 bits per heavy atom. The Bertz CT molecular complexity index is 314. The van der Waals surface area contributed by atoms with Crippen molar-refractivity contribution in [1.82, 2.24) is 15.5 Å². The van der Waals surface area contributed by atoms with Gasteiger partial charge < -0.3 is 15.5 Å². The maximum absolute atomic E-state index is 12.1. The molecule has 0 aromatic carbocycles. The van der Waals surface area contributed by atoms with Crippen molar-refractivity contribution in [3.05, 3.63) is 0 Å². The van der Waals surface area contributed by atoms with E-state index in [9.17, 15) is 4.79 Å². The van der Waals surface area contributed by atoms with Crippen molar-refractivity contribution in [3.8, 4) is 0 Å². The molecule has 0 radical (unpaired) electrons. The predicted molar refractivity (Wildman–Crippen MR) is 80.6 cm³/mol. The number of piperidine rings is 1. The Morgan fingerprint density at radius 1 is 1.05 bits per heavy atom. The summed E-state index contributed by atoms with van der Waals surface area (Å²) in [6.45, 7) is 4.63. The molecule has 0 aromatic heterocycles. The summed E-state index contributed by atoms with van der Waals surface area (Å²) < 4.78 is 0. The van der Waals surface area contributed by atoms with E-state index < -0.39 is 0 Å². The van der Waals surface area contributed by atoms with E-state index >= 15 is 0 Å². The minimum absolute atomic E-state index is 0.0755. The summed E-state index contributed by atoms with van der Waals surface area (Å²) in [7, 11) is 0. The van der Waals surface area contributed by atoms with Crippen LogP contribution in [0.1, 0.15) is 51.4 Å². The van der Waals surface area contributed by atoms with Crippen LogP contribution in [0.5, 0.6) is 0 Å². The molecule has 3 aliphatic rings. The van der Waals surface area contributed by atoms with Gasteiger partial charge in [0.25, 0.3) is 0 Å². The molecule has 2 heterocycles. The number of nitrogens with one attached hydrogen (secondary N) is 2. The summed E-state index contributed by atoms with van der Waals surface area (Å²) in [4.78, 5) is 14.7. The summed E-state index contributed by atoms with van der Waals surface area (Å²) in [5.41, 5.74) is 0. The van der Waals surface area contributed by atoms with Gasteiger partial charge in [-0.25, -0.2) is 0 Å². The lowest BCUT2D eigenvalue weighted by Gasteiger charge is -2.34. The second-order valence-electron chi connectivity index (χ2n) is 6.88. The van der Waals surface area contributed by atoms with Gasteiger partial charge in [0.2, 0.25) is 5.91 Å². The first-order chi connectivity index (χ1) is 9.81. The molecular formula is C16H29N3O. The first-order valence-electron chi connectivity index (χ1n) is 8.57. The Balaban J connectivity index is 1.36. The summed E-state index contributed by atoms with van der Waals surface area (Å²) in [6, 6.07) is 0.483. The number of amides is 1. The average Bonchev–Trinajstić information content (AvgIpc) is 3.13. The Kier molecular flexibility index (Phi) is 4.94. The molecule has 0 aromatic rings. The molecule has 4 heteroatoms. The fourth-order valence-corrected chi connectivity index (χ4v) is 4.03. The van der Waals surface area contributed by atoms with Crippen LogP contribution in [0.2, 0.25) is 0 Å². The van der Waals surface area contributed by atoms with Crippen LogP contribution >= 0.6 is 0 Å². The highest BCUT2D eigenvalue weighted by Crippen LogP contribution is 2.26. The van der Waals surface area contributed by atoms with Crippen molar-refractivity contribution in [2.24, 2.45) is 5.92 Å². The molecule has 114 valence electrons. The number of likely N-dealkylation sites (tertiary alicyclic amines) is 1. The molecular weight excluding hydrogens is 250 g/mol. The minimum atomic E-state index is 0.0755. The molecule has 3 fully saturated rings. The smallest absolute Gasteiger partial charge is 0.237 e.